The highest BCUT2D eigenvalue weighted by atomic mass is 16.5. The molecular formula is C15H26N2O. The SMILES string of the molecule is CCCN(C)Cc1cc(CNCC)ccc1OC. The molecule has 0 saturated carbocycles. The molecule has 0 aliphatic heterocycles. The highest BCUT2D eigenvalue weighted by Crippen LogP contribution is 2.21. The Morgan fingerprint density at radius 3 is 2.67 bits per heavy atom. The van der Waals surface area contributed by atoms with E-state index >= 15 is 0 Å². The first-order valence-corrected chi connectivity index (χ1v) is 6.76. The van der Waals surface area contributed by atoms with Crippen LogP contribution >= 0.6 is 0 Å². The van der Waals surface area contributed by atoms with Gasteiger partial charge in [-0.15, -0.1) is 0 Å². The summed E-state index contributed by atoms with van der Waals surface area (Å²) >= 11 is 0. The van der Waals surface area contributed by atoms with Crippen molar-refractivity contribution < 1.29 is 4.74 Å². The van der Waals surface area contributed by atoms with Crippen molar-refractivity contribution in [1.29, 1.82) is 0 Å². The molecule has 1 aromatic rings. The predicted octanol–water partition coefficient (Wildman–Crippen LogP) is 2.65. The Morgan fingerprint density at radius 2 is 2.06 bits per heavy atom. The molecule has 3 nitrogen and oxygen atoms in total. The van der Waals surface area contributed by atoms with Gasteiger partial charge < -0.3 is 15.0 Å². The van der Waals surface area contributed by atoms with Crippen LogP contribution in [0, 0.1) is 0 Å². The normalized spacial score (nSPS) is 10.9. The fraction of sp³-hybridized carbons (Fsp3) is 0.600. The molecule has 1 aromatic carbocycles. The van der Waals surface area contributed by atoms with E-state index in [2.05, 4.69) is 49.3 Å². The largest absolute Gasteiger partial charge is 0.496 e. The fourth-order valence-corrected chi connectivity index (χ4v) is 2.09. The van der Waals surface area contributed by atoms with E-state index in [1.807, 2.05) is 0 Å². The van der Waals surface area contributed by atoms with Crippen LogP contribution in [0.2, 0.25) is 0 Å². The van der Waals surface area contributed by atoms with E-state index in [1.54, 1.807) is 7.11 Å². The molecule has 0 radical (unpaired) electrons. The van der Waals surface area contributed by atoms with Crippen LogP contribution in [0.25, 0.3) is 0 Å². The summed E-state index contributed by atoms with van der Waals surface area (Å²) in [5.74, 6) is 0.984. The number of methoxy groups -OCH3 is 1. The van der Waals surface area contributed by atoms with Crippen LogP contribution in [0.15, 0.2) is 18.2 Å². The van der Waals surface area contributed by atoms with Crippen molar-refractivity contribution >= 4 is 0 Å². The van der Waals surface area contributed by atoms with Crippen LogP contribution in [0.5, 0.6) is 5.75 Å². The van der Waals surface area contributed by atoms with Crippen molar-refractivity contribution in [3.63, 3.8) is 0 Å². The molecule has 0 bridgehead atoms. The van der Waals surface area contributed by atoms with E-state index in [1.165, 1.54) is 17.5 Å². The third-order valence-corrected chi connectivity index (χ3v) is 2.97. The lowest BCUT2D eigenvalue weighted by Gasteiger charge is -2.18. The first-order chi connectivity index (χ1) is 8.71. The van der Waals surface area contributed by atoms with Crippen LogP contribution in [0.3, 0.4) is 0 Å². The molecule has 0 fully saturated rings. The maximum absolute atomic E-state index is 5.44. The van der Waals surface area contributed by atoms with E-state index in [-0.39, 0.29) is 0 Å². The summed E-state index contributed by atoms with van der Waals surface area (Å²) in [4.78, 5) is 2.33. The Morgan fingerprint density at radius 1 is 1.28 bits per heavy atom. The second-order valence-corrected chi connectivity index (χ2v) is 4.66. The lowest BCUT2D eigenvalue weighted by molar-refractivity contribution is 0.317. The van der Waals surface area contributed by atoms with Crippen LogP contribution in [0.1, 0.15) is 31.4 Å². The Balaban J connectivity index is 2.77. The quantitative estimate of drug-likeness (QED) is 0.767. The summed E-state index contributed by atoms with van der Waals surface area (Å²) in [6.45, 7) is 8.30. The molecule has 0 aromatic heterocycles. The van der Waals surface area contributed by atoms with Gasteiger partial charge in [-0.25, -0.2) is 0 Å². The number of hydrogen-bond acceptors (Lipinski definition) is 3. The average molecular weight is 250 g/mol. The summed E-state index contributed by atoms with van der Waals surface area (Å²) in [5, 5.41) is 3.35. The Labute approximate surface area is 111 Å². The number of hydrogen-bond donors (Lipinski definition) is 1. The van der Waals surface area contributed by atoms with Gasteiger partial charge >= 0.3 is 0 Å². The number of ether oxygens (including phenoxy) is 1. The van der Waals surface area contributed by atoms with E-state index in [4.69, 9.17) is 4.74 Å². The molecule has 0 saturated heterocycles. The zero-order chi connectivity index (χ0) is 13.4. The third kappa shape index (κ3) is 4.67. The van der Waals surface area contributed by atoms with Gasteiger partial charge in [0.25, 0.3) is 0 Å². The smallest absolute Gasteiger partial charge is 0.123 e. The second kappa shape index (κ2) is 8.11. The molecule has 0 amide bonds. The molecule has 0 spiro atoms. The minimum absolute atomic E-state index is 0.922. The monoisotopic (exact) mass is 250 g/mol. The number of benzene rings is 1. The summed E-state index contributed by atoms with van der Waals surface area (Å²) < 4.78 is 5.44. The van der Waals surface area contributed by atoms with Crippen molar-refractivity contribution in [3.8, 4) is 5.75 Å². The molecule has 102 valence electrons. The van der Waals surface area contributed by atoms with Crippen LogP contribution in [-0.4, -0.2) is 32.1 Å². The Kier molecular flexibility index (Phi) is 6.76. The Hall–Kier alpha value is -1.06. The fourth-order valence-electron chi connectivity index (χ4n) is 2.09. The maximum atomic E-state index is 5.44. The first kappa shape index (κ1) is 15.0. The minimum atomic E-state index is 0.922. The number of nitrogens with one attached hydrogen (secondary N) is 1. The average Bonchev–Trinajstić information content (AvgIpc) is 2.37. The van der Waals surface area contributed by atoms with Gasteiger partial charge in [0.2, 0.25) is 0 Å². The molecule has 0 atom stereocenters. The van der Waals surface area contributed by atoms with Crippen molar-refractivity contribution in [2.24, 2.45) is 0 Å². The molecule has 0 unspecified atom stereocenters. The van der Waals surface area contributed by atoms with Gasteiger partial charge in [0.15, 0.2) is 0 Å². The molecule has 1 rings (SSSR count). The van der Waals surface area contributed by atoms with E-state index in [9.17, 15) is 0 Å². The molecule has 0 aliphatic carbocycles. The highest BCUT2D eigenvalue weighted by Gasteiger charge is 2.07. The minimum Gasteiger partial charge on any atom is -0.496 e. The van der Waals surface area contributed by atoms with Gasteiger partial charge in [0, 0.05) is 18.7 Å². The van der Waals surface area contributed by atoms with E-state index in [0.29, 0.717) is 0 Å². The topological polar surface area (TPSA) is 24.5 Å². The van der Waals surface area contributed by atoms with Crippen LogP contribution in [-0.2, 0) is 13.1 Å². The van der Waals surface area contributed by atoms with Gasteiger partial charge in [-0.3, -0.25) is 0 Å². The lowest BCUT2D eigenvalue weighted by atomic mass is 10.1. The lowest BCUT2D eigenvalue weighted by Crippen LogP contribution is -2.19. The molecule has 0 aliphatic rings. The van der Waals surface area contributed by atoms with Crippen molar-refractivity contribution in [1.82, 2.24) is 10.2 Å². The van der Waals surface area contributed by atoms with Crippen LogP contribution < -0.4 is 10.1 Å². The third-order valence-electron chi connectivity index (χ3n) is 2.97. The summed E-state index contributed by atoms with van der Waals surface area (Å²) in [7, 11) is 3.89. The van der Waals surface area contributed by atoms with Gasteiger partial charge in [-0.2, -0.15) is 0 Å². The second-order valence-electron chi connectivity index (χ2n) is 4.66. The van der Waals surface area contributed by atoms with Gasteiger partial charge in [-0.05, 0) is 44.3 Å². The van der Waals surface area contributed by atoms with Gasteiger partial charge in [0.05, 0.1) is 7.11 Å². The zero-order valence-corrected chi connectivity index (χ0v) is 12.1. The molecule has 3 heteroatoms. The Bertz CT molecular complexity index is 352. The molecule has 0 heterocycles. The molecule has 1 N–H and O–H groups in total. The van der Waals surface area contributed by atoms with Gasteiger partial charge in [0.1, 0.15) is 5.75 Å². The van der Waals surface area contributed by atoms with E-state index in [0.717, 1.165) is 31.9 Å². The van der Waals surface area contributed by atoms with Crippen LogP contribution in [0.4, 0.5) is 0 Å². The maximum Gasteiger partial charge on any atom is 0.123 e. The zero-order valence-electron chi connectivity index (χ0n) is 12.1. The van der Waals surface area contributed by atoms with E-state index < -0.39 is 0 Å². The van der Waals surface area contributed by atoms with Gasteiger partial charge in [-0.1, -0.05) is 19.9 Å². The summed E-state index contributed by atoms with van der Waals surface area (Å²) in [5.41, 5.74) is 2.58. The van der Waals surface area contributed by atoms with Crippen molar-refractivity contribution in [3.05, 3.63) is 29.3 Å². The first-order valence-electron chi connectivity index (χ1n) is 6.76. The number of nitrogens with zero attached hydrogens (tertiary/aromatic N) is 1. The van der Waals surface area contributed by atoms with Crippen molar-refractivity contribution in [2.75, 3.05) is 27.2 Å². The van der Waals surface area contributed by atoms with Crippen molar-refractivity contribution in [2.45, 2.75) is 33.4 Å². The summed E-state index contributed by atoms with van der Waals surface area (Å²) in [6.07, 6.45) is 1.18. The number of rotatable bonds is 8. The molecular weight excluding hydrogens is 224 g/mol. The molecule has 18 heavy (non-hydrogen) atoms. The summed E-state index contributed by atoms with van der Waals surface area (Å²) in [6, 6.07) is 6.44. The standard InChI is InChI=1S/C15H26N2O/c1-5-9-17(3)12-14-10-13(11-16-6-2)7-8-15(14)18-4/h7-8,10,16H,5-6,9,11-12H2,1-4H3. The predicted molar refractivity (Wildman–Crippen MR) is 77.0 cm³/mol. The highest BCUT2D eigenvalue weighted by molar-refractivity contribution is 5.37.